The first kappa shape index (κ1) is 13.4. The van der Waals surface area contributed by atoms with Crippen LogP contribution in [-0.4, -0.2) is 26.6 Å². The van der Waals surface area contributed by atoms with Crippen LogP contribution in [0.1, 0.15) is 19.9 Å². The van der Waals surface area contributed by atoms with Crippen molar-refractivity contribution in [2.75, 3.05) is 17.7 Å². The van der Waals surface area contributed by atoms with Crippen molar-refractivity contribution in [3.8, 4) is 0 Å². The molecule has 2 N–H and O–H groups in total. The third kappa shape index (κ3) is 2.52. The van der Waals surface area contributed by atoms with Gasteiger partial charge in [-0.1, -0.05) is 18.2 Å². The number of benzene rings is 1. The van der Waals surface area contributed by atoms with Crippen LogP contribution >= 0.6 is 0 Å². The summed E-state index contributed by atoms with van der Waals surface area (Å²) in [6, 6.07) is 10.2. The number of para-hydroxylation sites is 1. The maximum atomic E-state index is 4.60. The fraction of sp³-hybridized carbons (Fsp3) is 0.267. The van der Waals surface area contributed by atoms with Crippen molar-refractivity contribution < 1.29 is 0 Å². The highest BCUT2D eigenvalue weighted by Gasteiger charge is 2.15. The van der Waals surface area contributed by atoms with Gasteiger partial charge in [-0.25, -0.2) is 9.97 Å². The Morgan fingerprint density at radius 3 is 2.52 bits per heavy atom. The van der Waals surface area contributed by atoms with Crippen molar-refractivity contribution in [1.82, 2.24) is 19.5 Å². The Morgan fingerprint density at radius 2 is 1.86 bits per heavy atom. The lowest BCUT2D eigenvalue weighted by Crippen LogP contribution is -2.07. The Morgan fingerprint density at radius 1 is 1.10 bits per heavy atom. The summed E-state index contributed by atoms with van der Waals surface area (Å²) >= 11 is 0. The topological polar surface area (TPSA) is 67.7 Å². The summed E-state index contributed by atoms with van der Waals surface area (Å²) in [4.78, 5) is 13.3. The molecule has 21 heavy (non-hydrogen) atoms. The van der Waals surface area contributed by atoms with Crippen LogP contribution in [-0.2, 0) is 0 Å². The number of hydrogen-bond donors (Lipinski definition) is 2. The molecule has 0 unspecified atom stereocenters. The van der Waals surface area contributed by atoms with Gasteiger partial charge in [-0.3, -0.25) is 4.57 Å². The molecule has 0 aliphatic carbocycles. The van der Waals surface area contributed by atoms with Gasteiger partial charge in [-0.05, 0) is 26.0 Å². The molecule has 0 saturated carbocycles. The molecule has 3 rings (SSSR count). The van der Waals surface area contributed by atoms with Gasteiger partial charge in [0.15, 0.2) is 5.65 Å². The molecule has 0 aliphatic rings. The SMILES string of the molecule is CNc1ncc2nc(Nc3ccccc3)n(C(C)C)c2n1. The van der Waals surface area contributed by atoms with Crippen LogP contribution < -0.4 is 10.6 Å². The second-order valence-corrected chi connectivity index (χ2v) is 5.04. The number of rotatable bonds is 4. The maximum Gasteiger partial charge on any atom is 0.224 e. The van der Waals surface area contributed by atoms with E-state index in [0.717, 1.165) is 22.8 Å². The summed E-state index contributed by atoms with van der Waals surface area (Å²) < 4.78 is 2.07. The van der Waals surface area contributed by atoms with Gasteiger partial charge >= 0.3 is 0 Å². The molecule has 0 atom stereocenters. The van der Waals surface area contributed by atoms with E-state index in [2.05, 4.69) is 44.0 Å². The van der Waals surface area contributed by atoms with Crippen LogP contribution in [0, 0.1) is 0 Å². The van der Waals surface area contributed by atoms with E-state index in [1.807, 2.05) is 30.3 Å². The minimum Gasteiger partial charge on any atom is -0.357 e. The normalized spacial score (nSPS) is 11.0. The third-order valence-electron chi connectivity index (χ3n) is 3.20. The summed E-state index contributed by atoms with van der Waals surface area (Å²) in [6.45, 7) is 4.22. The Hall–Kier alpha value is -2.63. The van der Waals surface area contributed by atoms with E-state index >= 15 is 0 Å². The van der Waals surface area contributed by atoms with Gasteiger partial charge in [0.05, 0.1) is 6.20 Å². The summed E-state index contributed by atoms with van der Waals surface area (Å²) in [5.41, 5.74) is 2.60. The van der Waals surface area contributed by atoms with Crippen molar-refractivity contribution in [2.24, 2.45) is 0 Å². The summed E-state index contributed by atoms with van der Waals surface area (Å²) in [5.74, 6) is 1.37. The summed E-state index contributed by atoms with van der Waals surface area (Å²) in [5, 5.41) is 6.30. The third-order valence-corrected chi connectivity index (χ3v) is 3.20. The number of nitrogens with zero attached hydrogens (tertiary/aromatic N) is 4. The molecule has 0 amide bonds. The predicted molar refractivity (Wildman–Crippen MR) is 85.0 cm³/mol. The first-order chi connectivity index (χ1) is 10.2. The van der Waals surface area contributed by atoms with Gasteiger partial charge in [-0.2, -0.15) is 4.98 Å². The first-order valence-electron chi connectivity index (χ1n) is 6.94. The Kier molecular flexibility index (Phi) is 3.43. The Balaban J connectivity index is 2.11. The van der Waals surface area contributed by atoms with E-state index in [1.54, 1.807) is 13.2 Å². The predicted octanol–water partition coefficient (Wildman–Crippen LogP) is 3.19. The van der Waals surface area contributed by atoms with E-state index in [0.29, 0.717) is 5.95 Å². The number of nitrogens with one attached hydrogen (secondary N) is 2. The molecule has 1 aromatic carbocycles. The highest BCUT2D eigenvalue weighted by atomic mass is 15.3. The lowest BCUT2D eigenvalue weighted by Gasteiger charge is -2.13. The zero-order chi connectivity index (χ0) is 14.8. The number of anilines is 3. The monoisotopic (exact) mass is 282 g/mol. The standard InChI is InChI=1S/C15H18N6/c1-10(2)21-13-12(9-17-14(16-3)20-13)19-15(21)18-11-7-5-4-6-8-11/h4-10H,1-3H3,(H,18,19)(H,16,17,20). The molecule has 108 valence electrons. The Labute approximate surface area is 123 Å². The summed E-state index contributed by atoms with van der Waals surface area (Å²) in [7, 11) is 1.81. The Bertz CT molecular complexity index is 747. The number of imidazole rings is 1. The van der Waals surface area contributed by atoms with Crippen LogP contribution in [0.2, 0.25) is 0 Å². The van der Waals surface area contributed by atoms with Crippen molar-refractivity contribution in [2.45, 2.75) is 19.9 Å². The molecule has 0 bridgehead atoms. The fourth-order valence-corrected chi connectivity index (χ4v) is 2.24. The van der Waals surface area contributed by atoms with E-state index in [4.69, 9.17) is 0 Å². The molecule has 3 aromatic rings. The lowest BCUT2D eigenvalue weighted by atomic mass is 10.3. The molecular weight excluding hydrogens is 264 g/mol. The molecule has 6 heteroatoms. The zero-order valence-corrected chi connectivity index (χ0v) is 12.3. The molecule has 2 heterocycles. The van der Waals surface area contributed by atoms with Crippen LogP contribution in [0.15, 0.2) is 36.5 Å². The molecule has 0 aliphatic heterocycles. The van der Waals surface area contributed by atoms with Crippen molar-refractivity contribution >= 4 is 28.7 Å². The number of fused-ring (bicyclic) bond motifs is 1. The van der Waals surface area contributed by atoms with E-state index in [9.17, 15) is 0 Å². The zero-order valence-electron chi connectivity index (χ0n) is 12.3. The van der Waals surface area contributed by atoms with Crippen LogP contribution in [0.5, 0.6) is 0 Å². The largest absolute Gasteiger partial charge is 0.357 e. The molecular formula is C15H18N6. The van der Waals surface area contributed by atoms with Gasteiger partial charge in [0.1, 0.15) is 5.52 Å². The lowest BCUT2D eigenvalue weighted by molar-refractivity contribution is 0.621. The minimum absolute atomic E-state index is 0.237. The molecule has 0 saturated heterocycles. The van der Waals surface area contributed by atoms with Gasteiger partial charge in [-0.15, -0.1) is 0 Å². The van der Waals surface area contributed by atoms with E-state index in [1.165, 1.54) is 0 Å². The van der Waals surface area contributed by atoms with Crippen molar-refractivity contribution in [3.05, 3.63) is 36.5 Å². The fourth-order valence-electron chi connectivity index (χ4n) is 2.24. The van der Waals surface area contributed by atoms with E-state index in [-0.39, 0.29) is 6.04 Å². The van der Waals surface area contributed by atoms with E-state index < -0.39 is 0 Å². The van der Waals surface area contributed by atoms with Gasteiger partial charge < -0.3 is 10.6 Å². The molecule has 0 spiro atoms. The maximum absolute atomic E-state index is 4.60. The second-order valence-electron chi connectivity index (χ2n) is 5.04. The highest BCUT2D eigenvalue weighted by molar-refractivity contribution is 5.76. The minimum atomic E-state index is 0.237. The first-order valence-corrected chi connectivity index (χ1v) is 6.94. The smallest absolute Gasteiger partial charge is 0.224 e. The van der Waals surface area contributed by atoms with Gasteiger partial charge in [0.25, 0.3) is 0 Å². The molecule has 6 nitrogen and oxygen atoms in total. The highest BCUT2D eigenvalue weighted by Crippen LogP contribution is 2.25. The van der Waals surface area contributed by atoms with Crippen molar-refractivity contribution in [3.63, 3.8) is 0 Å². The van der Waals surface area contributed by atoms with Gasteiger partial charge in [0, 0.05) is 18.8 Å². The average molecular weight is 282 g/mol. The average Bonchev–Trinajstić information content (AvgIpc) is 2.85. The molecule has 0 radical (unpaired) electrons. The second kappa shape index (κ2) is 5.40. The summed E-state index contributed by atoms with van der Waals surface area (Å²) in [6.07, 6.45) is 1.74. The van der Waals surface area contributed by atoms with Crippen LogP contribution in [0.3, 0.4) is 0 Å². The van der Waals surface area contributed by atoms with Gasteiger partial charge in [0.2, 0.25) is 11.9 Å². The van der Waals surface area contributed by atoms with Crippen molar-refractivity contribution in [1.29, 1.82) is 0 Å². The number of hydrogen-bond acceptors (Lipinski definition) is 5. The van der Waals surface area contributed by atoms with Crippen LogP contribution in [0.25, 0.3) is 11.2 Å². The van der Waals surface area contributed by atoms with Crippen LogP contribution in [0.4, 0.5) is 17.6 Å². The molecule has 0 fully saturated rings. The quantitative estimate of drug-likeness (QED) is 0.769. The number of aromatic nitrogens is 4. The molecule has 2 aromatic heterocycles.